The lowest BCUT2D eigenvalue weighted by Gasteiger charge is -2.11. The van der Waals surface area contributed by atoms with E-state index in [2.05, 4.69) is 159 Å². The molecule has 0 amide bonds. The van der Waals surface area contributed by atoms with Gasteiger partial charge in [0.2, 0.25) is 5.95 Å². The summed E-state index contributed by atoms with van der Waals surface area (Å²) in [7, 11) is 0. The van der Waals surface area contributed by atoms with Gasteiger partial charge in [0.15, 0.2) is 0 Å². The predicted molar refractivity (Wildman–Crippen MR) is 238 cm³/mol. The Labute approximate surface area is 333 Å². The van der Waals surface area contributed by atoms with Crippen molar-refractivity contribution < 1.29 is 0 Å². The van der Waals surface area contributed by atoms with Crippen molar-refractivity contribution in [3.63, 3.8) is 0 Å². The van der Waals surface area contributed by atoms with Crippen LogP contribution in [0.5, 0.6) is 0 Å². The van der Waals surface area contributed by atoms with E-state index in [1.807, 2.05) is 42.5 Å². The molecule has 0 bridgehead atoms. The first-order valence-electron chi connectivity index (χ1n) is 19.5. The van der Waals surface area contributed by atoms with E-state index in [0.717, 1.165) is 61.4 Å². The second-order valence-corrected chi connectivity index (χ2v) is 14.7. The summed E-state index contributed by atoms with van der Waals surface area (Å²) in [5.74, 6) is 0.568. The number of pyridine rings is 2. The van der Waals surface area contributed by atoms with Gasteiger partial charge in [0.1, 0.15) is 0 Å². The van der Waals surface area contributed by atoms with E-state index in [1.165, 1.54) is 43.4 Å². The fourth-order valence-corrected chi connectivity index (χ4v) is 8.76. The van der Waals surface area contributed by atoms with Crippen LogP contribution in [0.25, 0.3) is 111 Å². The van der Waals surface area contributed by atoms with Gasteiger partial charge in [-0.15, -0.1) is 0 Å². The second kappa shape index (κ2) is 12.8. The zero-order valence-electron chi connectivity index (χ0n) is 31.2. The number of para-hydroxylation sites is 2. The molecule has 0 spiro atoms. The number of hydrogen-bond acceptors (Lipinski definition) is 4. The minimum Gasteiger partial charge on any atom is -0.309 e. The topological polar surface area (TPSA) is 61.4 Å². The molecule has 58 heavy (non-hydrogen) atoms. The van der Waals surface area contributed by atoms with E-state index in [0.29, 0.717) is 5.95 Å². The minimum absolute atomic E-state index is 0.568. The Morgan fingerprint density at radius 2 is 0.828 bits per heavy atom. The van der Waals surface area contributed by atoms with Crippen molar-refractivity contribution >= 4 is 65.2 Å². The molecule has 0 fully saturated rings. The van der Waals surface area contributed by atoms with E-state index in [-0.39, 0.29) is 0 Å². The molecule has 0 aliphatic heterocycles. The summed E-state index contributed by atoms with van der Waals surface area (Å²) < 4.78 is 4.56. The molecule has 0 atom stereocenters. The van der Waals surface area contributed by atoms with Crippen LogP contribution in [-0.4, -0.2) is 29.1 Å². The first kappa shape index (κ1) is 32.3. The van der Waals surface area contributed by atoms with Crippen molar-refractivity contribution in [3.8, 4) is 45.5 Å². The van der Waals surface area contributed by atoms with Crippen molar-refractivity contribution in [3.05, 3.63) is 194 Å². The van der Waals surface area contributed by atoms with E-state index in [9.17, 15) is 0 Å². The zero-order chi connectivity index (χ0) is 38.2. The van der Waals surface area contributed by atoms with Gasteiger partial charge in [0, 0.05) is 39.6 Å². The maximum atomic E-state index is 5.13. The van der Waals surface area contributed by atoms with Crippen LogP contribution < -0.4 is 0 Å². The van der Waals surface area contributed by atoms with Crippen molar-refractivity contribution in [2.24, 2.45) is 0 Å². The van der Waals surface area contributed by atoms with Crippen molar-refractivity contribution in [1.29, 1.82) is 0 Å². The Hall–Kier alpha value is -7.96. The third kappa shape index (κ3) is 5.05. The van der Waals surface area contributed by atoms with E-state index < -0.39 is 0 Å². The van der Waals surface area contributed by atoms with Crippen molar-refractivity contribution in [1.82, 2.24) is 29.1 Å². The number of nitrogens with zero attached hydrogens (tertiary/aromatic N) is 6. The fourth-order valence-electron chi connectivity index (χ4n) is 8.76. The van der Waals surface area contributed by atoms with Gasteiger partial charge in [-0.25, -0.2) is 9.97 Å². The molecule has 0 saturated carbocycles. The molecule has 12 rings (SSSR count). The summed E-state index contributed by atoms with van der Waals surface area (Å²) in [6, 6.07) is 64.5. The van der Waals surface area contributed by atoms with Gasteiger partial charge in [0.25, 0.3) is 0 Å². The highest BCUT2D eigenvalue weighted by Crippen LogP contribution is 2.39. The zero-order valence-corrected chi connectivity index (χ0v) is 31.2. The first-order chi connectivity index (χ1) is 28.7. The average molecular weight is 741 g/mol. The minimum atomic E-state index is 0.568. The Morgan fingerprint density at radius 1 is 0.310 bits per heavy atom. The monoisotopic (exact) mass is 740 g/mol. The fraction of sp³-hybridized carbons (Fsp3) is 0. The lowest BCUT2D eigenvalue weighted by Crippen LogP contribution is -2.04. The molecule has 0 radical (unpaired) electrons. The summed E-state index contributed by atoms with van der Waals surface area (Å²) in [4.78, 5) is 19.5. The van der Waals surface area contributed by atoms with Crippen molar-refractivity contribution in [2.75, 3.05) is 0 Å². The number of hydrogen-bond donors (Lipinski definition) is 0. The molecule has 5 heterocycles. The van der Waals surface area contributed by atoms with Gasteiger partial charge in [-0.05, 0) is 112 Å². The van der Waals surface area contributed by atoms with Crippen LogP contribution in [0.3, 0.4) is 0 Å². The highest BCUT2D eigenvalue weighted by Gasteiger charge is 2.19. The van der Waals surface area contributed by atoms with Crippen LogP contribution in [0.4, 0.5) is 0 Å². The van der Waals surface area contributed by atoms with Crippen LogP contribution >= 0.6 is 0 Å². The molecule has 270 valence electrons. The van der Waals surface area contributed by atoms with Gasteiger partial charge < -0.3 is 4.57 Å². The second-order valence-electron chi connectivity index (χ2n) is 14.7. The normalized spacial score (nSPS) is 11.8. The van der Waals surface area contributed by atoms with Gasteiger partial charge in [-0.3, -0.25) is 14.5 Å². The maximum absolute atomic E-state index is 5.13. The van der Waals surface area contributed by atoms with E-state index in [4.69, 9.17) is 9.97 Å². The van der Waals surface area contributed by atoms with Crippen LogP contribution in [0.15, 0.2) is 194 Å². The summed E-state index contributed by atoms with van der Waals surface area (Å²) in [6.07, 6.45) is 3.58. The van der Waals surface area contributed by atoms with Crippen LogP contribution in [0, 0.1) is 0 Å². The Kier molecular flexibility index (Phi) is 7.13. The molecular weight excluding hydrogens is 709 g/mol. The van der Waals surface area contributed by atoms with Crippen LogP contribution in [0.2, 0.25) is 0 Å². The summed E-state index contributed by atoms with van der Waals surface area (Å²) in [5.41, 5.74) is 10.9. The van der Waals surface area contributed by atoms with Crippen LogP contribution in [-0.2, 0) is 0 Å². The Balaban J connectivity index is 1.02. The molecule has 5 aromatic heterocycles. The Bertz CT molecular complexity index is 3510. The SMILES string of the molecule is c1ccc(-c2cc(-c3ccccn3)nc(-n3c4ccccc4c4cc(-c5ccc6c(c5)c5ccccc5n6-c5ccc6c(ccc7ccccc76)c5)ccc43)n2)nc1. The third-order valence-electron chi connectivity index (χ3n) is 11.4. The smallest absolute Gasteiger partial charge is 0.235 e. The van der Waals surface area contributed by atoms with Gasteiger partial charge >= 0.3 is 0 Å². The number of rotatable bonds is 5. The first-order valence-corrected chi connectivity index (χ1v) is 19.5. The molecule has 6 heteroatoms. The molecule has 0 aliphatic carbocycles. The summed E-state index contributed by atoms with van der Waals surface area (Å²) in [6.45, 7) is 0. The summed E-state index contributed by atoms with van der Waals surface area (Å²) >= 11 is 0. The van der Waals surface area contributed by atoms with Gasteiger partial charge in [-0.2, -0.15) is 0 Å². The quantitative estimate of drug-likeness (QED) is 0.165. The number of aromatic nitrogens is 6. The molecule has 0 N–H and O–H groups in total. The lowest BCUT2D eigenvalue weighted by atomic mass is 10.0. The number of benzene rings is 7. The third-order valence-corrected chi connectivity index (χ3v) is 11.4. The highest BCUT2D eigenvalue weighted by molar-refractivity contribution is 6.13. The molecule has 7 aromatic carbocycles. The molecular formula is C52H32N6. The Morgan fingerprint density at radius 3 is 1.47 bits per heavy atom. The van der Waals surface area contributed by atoms with Crippen LogP contribution in [0.1, 0.15) is 0 Å². The number of fused-ring (bicyclic) bond motifs is 9. The van der Waals surface area contributed by atoms with Gasteiger partial charge in [-0.1, -0.05) is 103 Å². The van der Waals surface area contributed by atoms with E-state index >= 15 is 0 Å². The maximum Gasteiger partial charge on any atom is 0.235 e. The molecule has 0 aliphatic rings. The van der Waals surface area contributed by atoms with Crippen molar-refractivity contribution in [2.45, 2.75) is 0 Å². The predicted octanol–water partition coefficient (Wildman–Crippen LogP) is 12.8. The lowest BCUT2D eigenvalue weighted by molar-refractivity contribution is 0.988. The van der Waals surface area contributed by atoms with Gasteiger partial charge in [0.05, 0.1) is 44.8 Å². The van der Waals surface area contributed by atoms with E-state index in [1.54, 1.807) is 12.4 Å². The standard InChI is InChI=1S/C52H32N6/c1-2-12-38-33(11-1)19-20-36-29-37(23-24-39(36)38)57-48-17-5-3-13-40(48)42-30-34(21-25-50(42)57)35-22-26-51-43(31-35)41-14-4-6-18-49(41)58(51)52-55-46(44-15-7-9-27-53-44)32-47(56-52)45-16-8-10-28-54-45/h1-32H. The molecule has 6 nitrogen and oxygen atoms in total. The molecule has 12 aromatic rings. The molecule has 0 unspecified atom stereocenters. The summed E-state index contributed by atoms with van der Waals surface area (Å²) in [5, 5.41) is 9.74. The highest BCUT2D eigenvalue weighted by atomic mass is 15.2. The average Bonchev–Trinajstić information content (AvgIpc) is 3.81. The molecule has 0 saturated heterocycles. The largest absolute Gasteiger partial charge is 0.309 e.